The molecule has 0 saturated carbocycles. The second-order valence-corrected chi connectivity index (χ2v) is 2.19. The van der Waals surface area contributed by atoms with Crippen LogP contribution in [0.4, 0.5) is 0 Å². The molecule has 5 nitrogen and oxygen atoms in total. The van der Waals surface area contributed by atoms with Crippen molar-refractivity contribution >= 4 is 11.8 Å². The lowest BCUT2D eigenvalue weighted by Crippen LogP contribution is -2.11. The molecule has 0 aliphatic carbocycles. The summed E-state index contributed by atoms with van der Waals surface area (Å²) in [5.74, 6) is -0.804. The summed E-state index contributed by atoms with van der Waals surface area (Å²) < 4.78 is 9.01. The van der Waals surface area contributed by atoms with E-state index in [0.29, 0.717) is 0 Å². The van der Waals surface area contributed by atoms with Gasteiger partial charge in [0, 0.05) is 6.07 Å². The van der Waals surface area contributed by atoms with Crippen molar-refractivity contribution in [3.8, 4) is 5.88 Å². The molecule has 1 rings (SSSR count). The summed E-state index contributed by atoms with van der Waals surface area (Å²) >= 11 is 0. The summed E-state index contributed by atoms with van der Waals surface area (Å²) in [4.78, 5) is 21.2. The minimum atomic E-state index is -0.628. The molecule has 0 aliphatic heterocycles. The Morgan fingerprint density at radius 1 is 1.67 bits per heavy atom. The van der Waals surface area contributed by atoms with Gasteiger partial charge in [0.1, 0.15) is 18.5 Å². The van der Waals surface area contributed by atoms with Crippen molar-refractivity contribution in [3.63, 3.8) is 0 Å². The molecular formula is C7H7NO4. The zero-order chi connectivity index (χ0) is 8.97. The van der Waals surface area contributed by atoms with E-state index < -0.39 is 5.97 Å². The highest BCUT2D eigenvalue weighted by molar-refractivity contribution is 5.94. The first-order valence-electron chi connectivity index (χ1n) is 3.29. The third-order valence-corrected chi connectivity index (χ3v) is 1.03. The molecule has 0 amide bonds. The number of nitrogens with zero attached hydrogens (tertiary/aromatic N) is 1. The normalized spacial score (nSPS) is 9.42. The highest BCUT2D eigenvalue weighted by atomic mass is 16.6. The Balaban J connectivity index is 2.42. The molecule has 1 heterocycles. The van der Waals surface area contributed by atoms with Gasteiger partial charge >= 0.3 is 5.97 Å². The molecule has 0 aliphatic rings. The van der Waals surface area contributed by atoms with Crippen LogP contribution in [0, 0.1) is 0 Å². The minimum Gasteiger partial charge on any atom is -0.404 e. The number of carbonyl (C=O) groups is 2. The Morgan fingerprint density at radius 3 is 2.92 bits per heavy atom. The summed E-state index contributed by atoms with van der Waals surface area (Å²) in [7, 11) is 0. The van der Waals surface area contributed by atoms with Crippen molar-refractivity contribution in [2.75, 3.05) is 0 Å². The van der Waals surface area contributed by atoms with Crippen molar-refractivity contribution < 1.29 is 18.8 Å². The third-order valence-electron chi connectivity index (χ3n) is 1.03. The SMILES string of the molecule is CC(=O)CC(=O)Oc1ccon1. The molecule has 1 aromatic rings. The molecule has 64 valence electrons. The first-order valence-corrected chi connectivity index (χ1v) is 3.29. The van der Waals surface area contributed by atoms with E-state index in [9.17, 15) is 9.59 Å². The van der Waals surface area contributed by atoms with Crippen molar-refractivity contribution in [2.24, 2.45) is 0 Å². The van der Waals surface area contributed by atoms with Gasteiger partial charge in [-0.05, 0) is 12.1 Å². The predicted molar refractivity (Wildman–Crippen MR) is 37.4 cm³/mol. The fourth-order valence-corrected chi connectivity index (χ4v) is 0.610. The van der Waals surface area contributed by atoms with Gasteiger partial charge in [-0.25, -0.2) is 0 Å². The lowest BCUT2D eigenvalue weighted by molar-refractivity contribution is -0.137. The van der Waals surface area contributed by atoms with E-state index in [0.717, 1.165) is 0 Å². The fourth-order valence-electron chi connectivity index (χ4n) is 0.610. The van der Waals surface area contributed by atoms with E-state index in [1.807, 2.05) is 0 Å². The Morgan fingerprint density at radius 2 is 2.42 bits per heavy atom. The number of ketones is 1. The molecule has 0 N–H and O–H groups in total. The van der Waals surface area contributed by atoms with Gasteiger partial charge in [-0.15, -0.1) is 0 Å². The van der Waals surface area contributed by atoms with Crippen LogP contribution < -0.4 is 4.74 Å². The first kappa shape index (κ1) is 8.45. The van der Waals surface area contributed by atoms with Crippen LogP contribution in [0.2, 0.25) is 0 Å². The summed E-state index contributed by atoms with van der Waals surface area (Å²) in [5, 5.41) is 3.33. The Kier molecular flexibility index (Phi) is 2.57. The molecule has 0 radical (unpaired) electrons. The lowest BCUT2D eigenvalue weighted by Gasteiger charge is -1.95. The van der Waals surface area contributed by atoms with Crippen molar-refractivity contribution in [3.05, 3.63) is 12.3 Å². The van der Waals surface area contributed by atoms with Crippen LogP contribution in [-0.4, -0.2) is 16.9 Å². The predicted octanol–water partition coefficient (Wildman–Crippen LogP) is 0.559. The van der Waals surface area contributed by atoms with Crippen LogP contribution in [0.25, 0.3) is 0 Å². The van der Waals surface area contributed by atoms with Gasteiger partial charge < -0.3 is 9.26 Å². The van der Waals surface area contributed by atoms with E-state index in [1.165, 1.54) is 19.3 Å². The summed E-state index contributed by atoms with van der Waals surface area (Å²) in [5.41, 5.74) is 0. The maximum atomic E-state index is 10.8. The number of carbonyl (C=O) groups excluding carboxylic acids is 2. The second kappa shape index (κ2) is 3.66. The van der Waals surface area contributed by atoms with Crippen molar-refractivity contribution in [1.82, 2.24) is 5.16 Å². The summed E-state index contributed by atoms with van der Waals surface area (Å²) in [6, 6.07) is 1.39. The van der Waals surface area contributed by atoms with Crippen molar-refractivity contribution in [1.29, 1.82) is 0 Å². The van der Waals surface area contributed by atoms with E-state index in [1.54, 1.807) is 0 Å². The van der Waals surface area contributed by atoms with Gasteiger partial charge in [0.15, 0.2) is 0 Å². The van der Waals surface area contributed by atoms with Gasteiger partial charge in [-0.1, -0.05) is 0 Å². The lowest BCUT2D eigenvalue weighted by atomic mass is 10.3. The maximum Gasteiger partial charge on any atom is 0.320 e. The molecule has 0 saturated heterocycles. The van der Waals surface area contributed by atoms with Crippen LogP contribution in [0.3, 0.4) is 0 Å². The van der Waals surface area contributed by atoms with Gasteiger partial charge in [-0.3, -0.25) is 9.59 Å². The maximum absolute atomic E-state index is 10.8. The molecule has 0 aromatic carbocycles. The molecule has 5 heteroatoms. The van der Waals surface area contributed by atoms with Crippen LogP contribution in [0.15, 0.2) is 16.9 Å². The Hall–Kier alpha value is -1.65. The number of hydrogen-bond donors (Lipinski definition) is 0. The largest absolute Gasteiger partial charge is 0.404 e. The average Bonchev–Trinajstić information content (AvgIpc) is 2.37. The van der Waals surface area contributed by atoms with E-state index in [-0.39, 0.29) is 18.1 Å². The molecule has 0 unspecified atom stereocenters. The minimum absolute atomic E-state index is 0.0706. The number of Topliss-reactive ketones (excluding diaryl/α,β-unsaturated/α-hetero) is 1. The average molecular weight is 169 g/mol. The molecule has 0 fully saturated rings. The number of esters is 1. The number of rotatable bonds is 3. The van der Waals surface area contributed by atoms with Crippen molar-refractivity contribution in [2.45, 2.75) is 13.3 Å². The van der Waals surface area contributed by atoms with Gasteiger partial charge in [-0.2, -0.15) is 0 Å². The van der Waals surface area contributed by atoms with Crippen LogP contribution in [0.5, 0.6) is 5.88 Å². The van der Waals surface area contributed by atoms with E-state index in [2.05, 4.69) is 14.4 Å². The zero-order valence-electron chi connectivity index (χ0n) is 6.44. The van der Waals surface area contributed by atoms with Crippen LogP contribution in [-0.2, 0) is 9.59 Å². The Bertz CT molecular complexity index is 278. The van der Waals surface area contributed by atoms with Gasteiger partial charge in [0.2, 0.25) is 0 Å². The van der Waals surface area contributed by atoms with Crippen LogP contribution >= 0.6 is 0 Å². The monoisotopic (exact) mass is 169 g/mol. The standard InChI is InChI=1S/C7H7NO4/c1-5(9)4-7(10)12-6-2-3-11-8-6/h2-3H,4H2,1H3. The fraction of sp³-hybridized carbons (Fsp3) is 0.286. The molecule has 1 aromatic heterocycles. The number of ether oxygens (including phenoxy) is 1. The zero-order valence-corrected chi connectivity index (χ0v) is 6.44. The Labute approximate surface area is 68.3 Å². The summed E-state index contributed by atoms with van der Waals surface area (Å²) in [6.07, 6.45) is 1.03. The molecule has 0 bridgehead atoms. The highest BCUT2D eigenvalue weighted by Crippen LogP contribution is 2.05. The third kappa shape index (κ3) is 2.53. The van der Waals surface area contributed by atoms with Gasteiger partial charge in [0.25, 0.3) is 5.88 Å². The van der Waals surface area contributed by atoms with E-state index >= 15 is 0 Å². The quantitative estimate of drug-likeness (QED) is 0.488. The number of aromatic nitrogens is 1. The molecule has 12 heavy (non-hydrogen) atoms. The first-order chi connectivity index (χ1) is 5.68. The molecule has 0 spiro atoms. The number of hydrogen-bond acceptors (Lipinski definition) is 5. The molecule has 0 atom stereocenters. The topological polar surface area (TPSA) is 69.4 Å². The smallest absolute Gasteiger partial charge is 0.320 e. The summed E-state index contributed by atoms with van der Waals surface area (Å²) in [6.45, 7) is 1.31. The van der Waals surface area contributed by atoms with Crippen LogP contribution in [0.1, 0.15) is 13.3 Å². The molecular weight excluding hydrogens is 162 g/mol. The van der Waals surface area contributed by atoms with Gasteiger partial charge in [0.05, 0.1) is 0 Å². The van der Waals surface area contributed by atoms with E-state index in [4.69, 9.17) is 0 Å². The second-order valence-electron chi connectivity index (χ2n) is 2.19. The highest BCUT2D eigenvalue weighted by Gasteiger charge is 2.08.